The molecule has 0 aromatic carbocycles. The van der Waals surface area contributed by atoms with Crippen LogP contribution in [0, 0.1) is 11.3 Å². The average Bonchev–Trinajstić information content (AvgIpc) is 2.35. The Balaban J connectivity index is 2.10. The molecule has 1 amide bonds. The highest BCUT2D eigenvalue weighted by atomic mass is 16.6. The topological polar surface area (TPSA) is 38.3 Å². The Morgan fingerprint density at radius 1 is 1.47 bits per heavy atom. The number of rotatable bonds is 0. The summed E-state index contributed by atoms with van der Waals surface area (Å²) in [4.78, 5) is 11.2. The van der Waals surface area contributed by atoms with E-state index in [1.165, 1.54) is 0 Å². The Bertz CT molecular complexity index is 282. The third-order valence-corrected chi connectivity index (χ3v) is 4.09. The third kappa shape index (κ3) is 1.84. The summed E-state index contributed by atoms with van der Waals surface area (Å²) in [5.41, 5.74) is 0.0769. The number of hydrogen-bond donors (Lipinski definition) is 1. The summed E-state index contributed by atoms with van der Waals surface area (Å²) in [6, 6.07) is 0.211. The van der Waals surface area contributed by atoms with Crippen LogP contribution in [0.25, 0.3) is 0 Å². The number of alkyl carbamates (subject to hydrolysis) is 1. The van der Waals surface area contributed by atoms with Gasteiger partial charge in [-0.1, -0.05) is 20.8 Å². The lowest BCUT2D eigenvalue weighted by atomic mass is 9.67. The SMILES string of the molecule is CC(C)(C)[C@@H]1CC[C@]2(C)OC(=O)N[C@H]2C1. The summed E-state index contributed by atoms with van der Waals surface area (Å²) < 4.78 is 5.36. The minimum atomic E-state index is -0.251. The molecule has 2 fully saturated rings. The van der Waals surface area contributed by atoms with E-state index in [0.29, 0.717) is 11.3 Å². The average molecular weight is 211 g/mol. The van der Waals surface area contributed by atoms with Crippen molar-refractivity contribution in [3.63, 3.8) is 0 Å². The van der Waals surface area contributed by atoms with Gasteiger partial charge in [-0.25, -0.2) is 4.79 Å². The predicted octanol–water partition coefficient (Wildman–Crippen LogP) is 2.70. The lowest BCUT2D eigenvalue weighted by Gasteiger charge is -2.42. The zero-order valence-electron chi connectivity index (χ0n) is 10.1. The second kappa shape index (κ2) is 3.13. The van der Waals surface area contributed by atoms with Gasteiger partial charge < -0.3 is 10.1 Å². The molecule has 2 aliphatic rings. The van der Waals surface area contributed by atoms with Crippen molar-refractivity contribution in [2.24, 2.45) is 11.3 Å². The Kier molecular flexibility index (Phi) is 2.25. The summed E-state index contributed by atoms with van der Waals surface area (Å²) in [5.74, 6) is 0.678. The zero-order chi connectivity index (χ0) is 11.3. The first-order valence-electron chi connectivity index (χ1n) is 5.81. The molecule has 0 spiro atoms. The molecule has 3 atom stereocenters. The van der Waals surface area contributed by atoms with E-state index in [-0.39, 0.29) is 17.7 Å². The lowest BCUT2D eigenvalue weighted by Crippen LogP contribution is -2.48. The van der Waals surface area contributed by atoms with Gasteiger partial charge in [0.05, 0.1) is 6.04 Å². The number of fused-ring (bicyclic) bond motifs is 1. The van der Waals surface area contributed by atoms with Crippen molar-refractivity contribution in [3.8, 4) is 0 Å². The molecule has 15 heavy (non-hydrogen) atoms. The minimum absolute atomic E-state index is 0.211. The van der Waals surface area contributed by atoms with E-state index in [0.717, 1.165) is 19.3 Å². The number of carbonyl (C=O) groups is 1. The van der Waals surface area contributed by atoms with Crippen LogP contribution in [-0.2, 0) is 4.74 Å². The second-order valence-electron chi connectivity index (χ2n) is 6.24. The number of amides is 1. The van der Waals surface area contributed by atoms with Crippen LogP contribution in [0.15, 0.2) is 0 Å². The molecule has 0 aromatic rings. The van der Waals surface area contributed by atoms with Gasteiger partial charge in [0.1, 0.15) is 5.60 Å². The molecule has 0 radical (unpaired) electrons. The first-order valence-corrected chi connectivity index (χ1v) is 5.81. The summed E-state index contributed by atoms with van der Waals surface area (Å²) in [6.45, 7) is 8.88. The van der Waals surface area contributed by atoms with Crippen molar-refractivity contribution < 1.29 is 9.53 Å². The van der Waals surface area contributed by atoms with Crippen LogP contribution in [0.1, 0.15) is 47.0 Å². The maximum Gasteiger partial charge on any atom is 0.408 e. The number of ether oxygens (including phenoxy) is 1. The normalized spacial score (nSPS) is 40.7. The van der Waals surface area contributed by atoms with E-state index in [9.17, 15) is 4.79 Å². The van der Waals surface area contributed by atoms with Crippen LogP contribution in [0.3, 0.4) is 0 Å². The van der Waals surface area contributed by atoms with Crippen LogP contribution in [-0.4, -0.2) is 17.7 Å². The highest BCUT2D eigenvalue weighted by molar-refractivity contribution is 5.71. The van der Waals surface area contributed by atoms with Crippen molar-refractivity contribution in [1.29, 1.82) is 0 Å². The predicted molar refractivity (Wildman–Crippen MR) is 58.6 cm³/mol. The van der Waals surface area contributed by atoms with Crippen LogP contribution in [0.4, 0.5) is 4.79 Å². The fourth-order valence-corrected chi connectivity index (χ4v) is 2.79. The monoisotopic (exact) mass is 211 g/mol. The van der Waals surface area contributed by atoms with Gasteiger partial charge in [-0.3, -0.25) is 0 Å². The molecule has 3 heteroatoms. The quantitative estimate of drug-likeness (QED) is 0.669. The van der Waals surface area contributed by atoms with Crippen LogP contribution >= 0.6 is 0 Å². The molecule has 1 aliphatic heterocycles. The van der Waals surface area contributed by atoms with E-state index in [1.807, 2.05) is 0 Å². The van der Waals surface area contributed by atoms with Crippen LogP contribution in [0.2, 0.25) is 0 Å². The Morgan fingerprint density at radius 3 is 2.73 bits per heavy atom. The molecule has 1 saturated carbocycles. The number of nitrogens with one attached hydrogen (secondary N) is 1. The van der Waals surface area contributed by atoms with Gasteiger partial charge in [-0.05, 0) is 37.5 Å². The smallest absolute Gasteiger partial charge is 0.408 e. The molecule has 1 N–H and O–H groups in total. The number of hydrogen-bond acceptors (Lipinski definition) is 2. The summed E-state index contributed by atoms with van der Waals surface area (Å²) in [5, 5.41) is 2.94. The summed E-state index contributed by atoms with van der Waals surface area (Å²) in [6.07, 6.45) is 2.95. The standard InChI is InChI=1S/C12H21NO2/c1-11(2,3)8-5-6-12(4)9(7-8)13-10(14)15-12/h8-9H,5-7H2,1-4H3,(H,13,14)/t8-,9+,12+/m1/s1. The first kappa shape index (κ1) is 10.8. The summed E-state index contributed by atoms with van der Waals surface area (Å²) in [7, 11) is 0. The highest BCUT2D eigenvalue weighted by Gasteiger charge is 2.50. The molecule has 86 valence electrons. The van der Waals surface area contributed by atoms with Gasteiger partial charge in [-0.2, -0.15) is 0 Å². The van der Waals surface area contributed by atoms with Crippen molar-refractivity contribution in [2.45, 2.75) is 58.6 Å². The Labute approximate surface area is 91.6 Å². The van der Waals surface area contributed by atoms with Gasteiger partial charge >= 0.3 is 6.09 Å². The molecule has 0 unspecified atom stereocenters. The van der Waals surface area contributed by atoms with Gasteiger partial charge in [0.2, 0.25) is 0 Å². The van der Waals surface area contributed by atoms with Gasteiger partial charge in [-0.15, -0.1) is 0 Å². The third-order valence-electron chi connectivity index (χ3n) is 4.09. The summed E-state index contributed by atoms with van der Waals surface area (Å²) >= 11 is 0. The van der Waals surface area contributed by atoms with Crippen molar-refractivity contribution in [1.82, 2.24) is 5.32 Å². The fourth-order valence-electron chi connectivity index (χ4n) is 2.79. The van der Waals surface area contributed by atoms with E-state index >= 15 is 0 Å². The molecule has 0 bridgehead atoms. The van der Waals surface area contributed by atoms with E-state index in [4.69, 9.17) is 4.74 Å². The van der Waals surface area contributed by atoms with Crippen LogP contribution in [0.5, 0.6) is 0 Å². The number of carbonyl (C=O) groups excluding carboxylic acids is 1. The molecule has 0 aromatic heterocycles. The van der Waals surface area contributed by atoms with Gasteiger partial charge in [0, 0.05) is 0 Å². The molecule has 3 nitrogen and oxygen atoms in total. The Morgan fingerprint density at radius 2 is 2.13 bits per heavy atom. The van der Waals surface area contributed by atoms with Crippen molar-refractivity contribution in [3.05, 3.63) is 0 Å². The zero-order valence-corrected chi connectivity index (χ0v) is 10.1. The van der Waals surface area contributed by atoms with Gasteiger partial charge in [0.15, 0.2) is 0 Å². The maximum atomic E-state index is 11.2. The molecular weight excluding hydrogens is 190 g/mol. The highest BCUT2D eigenvalue weighted by Crippen LogP contribution is 2.44. The fraction of sp³-hybridized carbons (Fsp3) is 0.917. The maximum absolute atomic E-state index is 11.2. The van der Waals surface area contributed by atoms with E-state index in [1.54, 1.807) is 0 Å². The van der Waals surface area contributed by atoms with Crippen LogP contribution < -0.4 is 5.32 Å². The molecular formula is C12H21NO2. The first-order chi connectivity index (χ1) is 6.81. The molecule has 1 aliphatic carbocycles. The molecule has 1 saturated heterocycles. The van der Waals surface area contributed by atoms with Gasteiger partial charge in [0.25, 0.3) is 0 Å². The molecule has 2 rings (SSSR count). The van der Waals surface area contributed by atoms with Crippen molar-refractivity contribution in [2.75, 3.05) is 0 Å². The largest absolute Gasteiger partial charge is 0.441 e. The van der Waals surface area contributed by atoms with E-state index < -0.39 is 0 Å². The van der Waals surface area contributed by atoms with Crippen molar-refractivity contribution >= 4 is 6.09 Å². The van der Waals surface area contributed by atoms with E-state index in [2.05, 4.69) is 33.0 Å². The minimum Gasteiger partial charge on any atom is -0.441 e. The Hall–Kier alpha value is -0.730. The lowest BCUT2D eigenvalue weighted by molar-refractivity contribution is -0.00210. The molecule has 1 heterocycles. The second-order valence-corrected chi connectivity index (χ2v) is 6.24.